The number of benzene rings is 1. The Labute approximate surface area is 130 Å². The summed E-state index contributed by atoms with van der Waals surface area (Å²) < 4.78 is 69.8. The number of hydrogen-bond donors (Lipinski definition) is 2. The first-order valence-electron chi connectivity index (χ1n) is 6.39. The highest BCUT2D eigenvalue weighted by atomic mass is 35.5. The van der Waals surface area contributed by atoms with Crippen molar-refractivity contribution in [1.82, 2.24) is 10.0 Å². The maximum atomic E-state index is 12.7. The quantitative estimate of drug-likeness (QED) is 0.858. The number of halogens is 4. The smallest absolute Gasteiger partial charge is 0.374 e. The normalized spacial score (nSPS) is 20.1. The summed E-state index contributed by atoms with van der Waals surface area (Å²) in [4.78, 5) is -0.604. The fourth-order valence-electron chi connectivity index (χ4n) is 1.92. The van der Waals surface area contributed by atoms with Crippen LogP contribution in [0.3, 0.4) is 0 Å². The Morgan fingerprint density at radius 1 is 1.41 bits per heavy atom. The van der Waals surface area contributed by atoms with Crippen LogP contribution in [0.5, 0.6) is 0 Å². The highest BCUT2D eigenvalue weighted by Gasteiger charge is 2.32. The molecule has 1 aromatic carbocycles. The highest BCUT2D eigenvalue weighted by molar-refractivity contribution is 7.89. The molecule has 5 nitrogen and oxygen atoms in total. The number of rotatable bonds is 4. The van der Waals surface area contributed by atoms with Gasteiger partial charge in [-0.2, -0.15) is 13.2 Å². The van der Waals surface area contributed by atoms with Crippen LogP contribution in [0.15, 0.2) is 23.1 Å². The molecule has 0 bridgehead atoms. The third kappa shape index (κ3) is 4.32. The van der Waals surface area contributed by atoms with Crippen LogP contribution in [0, 0.1) is 0 Å². The molecule has 1 heterocycles. The van der Waals surface area contributed by atoms with Crippen molar-refractivity contribution < 1.29 is 26.3 Å². The number of alkyl halides is 3. The Kier molecular flexibility index (Phi) is 5.33. The summed E-state index contributed by atoms with van der Waals surface area (Å²) in [5.41, 5.74) is -1.08. The number of sulfonamides is 1. The molecule has 1 atom stereocenters. The molecule has 22 heavy (non-hydrogen) atoms. The monoisotopic (exact) mass is 358 g/mol. The van der Waals surface area contributed by atoms with Gasteiger partial charge in [0.1, 0.15) is 4.90 Å². The first kappa shape index (κ1) is 17.5. The molecule has 1 aromatic rings. The molecule has 124 valence electrons. The van der Waals surface area contributed by atoms with E-state index in [0.717, 1.165) is 12.1 Å². The van der Waals surface area contributed by atoms with Crippen molar-refractivity contribution in [3.05, 3.63) is 28.8 Å². The lowest BCUT2D eigenvalue weighted by Gasteiger charge is -2.23. The summed E-state index contributed by atoms with van der Waals surface area (Å²) in [5, 5.41) is 2.74. The molecule has 0 spiro atoms. The highest BCUT2D eigenvalue weighted by Crippen LogP contribution is 2.33. The molecule has 2 N–H and O–H groups in total. The van der Waals surface area contributed by atoms with Crippen LogP contribution < -0.4 is 10.0 Å². The van der Waals surface area contributed by atoms with E-state index < -0.39 is 26.7 Å². The summed E-state index contributed by atoms with van der Waals surface area (Å²) >= 11 is 5.72. The molecular formula is C12H14ClF3N2O3S. The van der Waals surface area contributed by atoms with E-state index in [1.54, 1.807) is 0 Å². The van der Waals surface area contributed by atoms with Gasteiger partial charge in [-0.05, 0) is 18.2 Å². The fourth-order valence-corrected chi connectivity index (χ4v) is 3.51. The molecular weight excluding hydrogens is 345 g/mol. The first-order chi connectivity index (χ1) is 10.2. The van der Waals surface area contributed by atoms with Crippen molar-refractivity contribution in [2.75, 3.05) is 26.2 Å². The molecule has 1 saturated heterocycles. The summed E-state index contributed by atoms with van der Waals surface area (Å²) in [6.07, 6.45) is -5.03. The molecule has 0 saturated carbocycles. The fraction of sp³-hybridized carbons (Fsp3) is 0.500. The van der Waals surface area contributed by atoms with Gasteiger partial charge in [0.15, 0.2) is 0 Å². The predicted octanol–water partition coefficient (Wildman–Crippen LogP) is 1.63. The second-order valence-electron chi connectivity index (χ2n) is 4.69. The molecule has 0 amide bonds. The molecule has 1 fully saturated rings. The summed E-state index contributed by atoms with van der Waals surface area (Å²) in [7, 11) is -4.16. The van der Waals surface area contributed by atoms with Gasteiger partial charge in [0, 0.05) is 19.6 Å². The maximum Gasteiger partial charge on any atom is 0.416 e. The van der Waals surface area contributed by atoms with Gasteiger partial charge in [-0.25, -0.2) is 13.1 Å². The van der Waals surface area contributed by atoms with Crippen LogP contribution in [0.25, 0.3) is 0 Å². The Morgan fingerprint density at radius 3 is 2.73 bits per heavy atom. The minimum atomic E-state index is -4.65. The summed E-state index contributed by atoms with van der Waals surface area (Å²) in [5.74, 6) is 0. The Bertz CT molecular complexity index is 631. The van der Waals surface area contributed by atoms with Gasteiger partial charge in [-0.1, -0.05) is 11.6 Å². The van der Waals surface area contributed by atoms with Gasteiger partial charge in [0.25, 0.3) is 0 Å². The van der Waals surface area contributed by atoms with E-state index in [-0.39, 0.29) is 17.7 Å². The average Bonchev–Trinajstić information content (AvgIpc) is 2.45. The lowest BCUT2D eigenvalue weighted by atomic mass is 10.2. The van der Waals surface area contributed by atoms with E-state index in [1.807, 2.05) is 0 Å². The van der Waals surface area contributed by atoms with Gasteiger partial charge >= 0.3 is 6.18 Å². The van der Waals surface area contributed by atoms with E-state index in [1.165, 1.54) is 0 Å². The second-order valence-corrected chi connectivity index (χ2v) is 6.83. The van der Waals surface area contributed by atoms with E-state index >= 15 is 0 Å². The lowest BCUT2D eigenvalue weighted by Crippen LogP contribution is -2.45. The van der Waals surface area contributed by atoms with Crippen LogP contribution in [-0.2, 0) is 20.9 Å². The molecule has 0 aliphatic carbocycles. The average molecular weight is 359 g/mol. The molecule has 2 rings (SSSR count). The van der Waals surface area contributed by atoms with E-state index in [4.69, 9.17) is 16.3 Å². The molecule has 1 aliphatic rings. The zero-order valence-electron chi connectivity index (χ0n) is 11.3. The third-order valence-corrected chi connectivity index (χ3v) is 4.96. The van der Waals surface area contributed by atoms with Crippen LogP contribution in [0.1, 0.15) is 5.56 Å². The number of morpholine rings is 1. The zero-order valence-corrected chi connectivity index (χ0v) is 12.9. The summed E-state index contributed by atoms with van der Waals surface area (Å²) in [6, 6.07) is 2.16. The van der Waals surface area contributed by atoms with Gasteiger partial charge in [-0.15, -0.1) is 0 Å². The van der Waals surface area contributed by atoms with E-state index in [2.05, 4.69) is 10.0 Å². The van der Waals surface area contributed by atoms with Crippen LogP contribution in [0.4, 0.5) is 13.2 Å². The Balaban J connectivity index is 2.17. The molecule has 1 unspecified atom stereocenters. The van der Waals surface area contributed by atoms with Crippen molar-refractivity contribution in [2.24, 2.45) is 0 Å². The van der Waals surface area contributed by atoms with Crippen molar-refractivity contribution >= 4 is 21.6 Å². The topological polar surface area (TPSA) is 67.4 Å². The SMILES string of the molecule is O=S(=O)(NCC1CNCCO1)c1cc(C(F)(F)F)ccc1Cl. The number of ether oxygens (including phenoxy) is 1. The van der Waals surface area contributed by atoms with Gasteiger partial charge in [0.05, 0.1) is 23.3 Å². The largest absolute Gasteiger partial charge is 0.416 e. The van der Waals surface area contributed by atoms with Crippen molar-refractivity contribution in [3.63, 3.8) is 0 Å². The number of nitrogens with one attached hydrogen (secondary N) is 2. The minimum absolute atomic E-state index is 0.0537. The lowest BCUT2D eigenvalue weighted by molar-refractivity contribution is -0.137. The molecule has 1 aliphatic heterocycles. The van der Waals surface area contributed by atoms with Gasteiger partial charge in [-0.3, -0.25) is 0 Å². The third-order valence-electron chi connectivity index (χ3n) is 3.05. The van der Waals surface area contributed by atoms with Gasteiger partial charge < -0.3 is 10.1 Å². The molecule has 0 radical (unpaired) electrons. The Hall–Kier alpha value is -0.870. The minimum Gasteiger partial charge on any atom is -0.374 e. The van der Waals surface area contributed by atoms with E-state index in [9.17, 15) is 21.6 Å². The molecule has 0 aromatic heterocycles. The predicted molar refractivity (Wildman–Crippen MR) is 74.3 cm³/mol. The summed E-state index contributed by atoms with van der Waals surface area (Å²) in [6.45, 7) is 1.51. The molecule has 10 heteroatoms. The van der Waals surface area contributed by atoms with Crippen molar-refractivity contribution in [1.29, 1.82) is 0 Å². The van der Waals surface area contributed by atoms with Gasteiger partial charge in [0.2, 0.25) is 10.0 Å². The zero-order chi connectivity index (χ0) is 16.4. The van der Waals surface area contributed by atoms with Crippen LogP contribution in [0.2, 0.25) is 5.02 Å². The first-order valence-corrected chi connectivity index (χ1v) is 8.25. The standard InChI is InChI=1S/C12H14ClF3N2O3S/c13-10-2-1-8(12(14,15)16)5-11(10)22(19,20)18-7-9-6-17-3-4-21-9/h1-2,5,9,17-18H,3-4,6-7H2. The maximum absolute atomic E-state index is 12.7. The van der Waals surface area contributed by atoms with E-state index in [0.29, 0.717) is 25.8 Å². The van der Waals surface area contributed by atoms with Crippen molar-refractivity contribution in [2.45, 2.75) is 17.2 Å². The van der Waals surface area contributed by atoms with Crippen LogP contribution >= 0.6 is 11.6 Å². The Morgan fingerprint density at radius 2 is 2.14 bits per heavy atom. The number of hydrogen-bond acceptors (Lipinski definition) is 4. The van der Waals surface area contributed by atoms with Crippen LogP contribution in [-0.4, -0.2) is 40.8 Å². The second kappa shape index (κ2) is 6.71. The van der Waals surface area contributed by atoms with Crippen molar-refractivity contribution in [3.8, 4) is 0 Å².